The molecule has 2 saturated heterocycles. The van der Waals surface area contributed by atoms with Gasteiger partial charge in [-0.25, -0.2) is 4.39 Å². The van der Waals surface area contributed by atoms with Crippen molar-refractivity contribution >= 4 is 35.8 Å². The number of morpholine rings is 1. The maximum absolute atomic E-state index is 13.7. The van der Waals surface area contributed by atoms with Gasteiger partial charge in [0.05, 0.1) is 19.8 Å². The zero-order valence-electron chi connectivity index (χ0n) is 17.7. The number of likely N-dealkylation sites (tertiary alicyclic amines) is 1. The van der Waals surface area contributed by atoms with Gasteiger partial charge in [-0.1, -0.05) is 12.1 Å². The van der Waals surface area contributed by atoms with Crippen LogP contribution in [0.2, 0.25) is 0 Å². The number of piperidine rings is 1. The van der Waals surface area contributed by atoms with Crippen LogP contribution in [0.1, 0.15) is 19.8 Å². The lowest BCUT2D eigenvalue weighted by Crippen LogP contribution is -2.50. The number of rotatable bonds is 5. The van der Waals surface area contributed by atoms with Gasteiger partial charge in [-0.05, 0) is 31.9 Å². The second-order valence-electron chi connectivity index (χ2n) is 7.49. The van der Waals surface area contributed by atoms with Crippen LogP contribution in [0.15, 0.2) is 29.3 Å². The van der Waals surface area contributed by atoms with Gasteiger partial charge in [-0.3, -0.25) is 9.79 Å². The number of amides is 1. The summed E-state index contributed by atoms with van der Waals surface area (Å²) in [6, 6.07) is 6.40. The van der Waals surface area contributed by atoms with Crippen molar-refractivity contribution in [3.8, 4) is 5.75 Å². The lowest BCUT2D eigenvalue weighted by atomic mass is 9.95. The fourth-order valence-electron chi connectivity index (χ4n) is 3.75. The van der Waals surface area contributed by atoms with Crippen LogP contribution in [0.3, 0.4) is 0 Å². The van der Waals surface area contributed by atoms with E-state index in [0.717, 1.165) is 31.9 Å². The molecule has 1 amide bonds. The Labute approximate surface area is 195 Å². The van der Waals surface area contributed by atoms with Crippen LogP contribution in [0.4, 0.5) is 4.39 Å². The molecule has 0 saturated carbocycles. The monoisotopic (exact) mass is 534 g/mol. The molecule has 2 heterocycles. The summed E-state index contributed by atoms with van der Waals surface area (Å²) >= 11 is 0. The molecule has 1 atom stereocenters. The Kier molecular flexibility index (Phi) is 10.1. The van der Waals surface area contributed by atoms with E-state index in [9.17, 15) is 9.18 Å². The van der Waals surface area contributed by atoms with Gasteiger partial charge in [0.25, 0.3) is 0 Å². The van der Waals surface area contributed by atoms with Crippen molar-refractivity contribution in [1.82, 2.24) is 15.1 Å². The molecular weight excluding hydrogens is 502 g/mol. The highest BCUT2D eigenvalue weighted by Gasteiger charge is 2.30. The minimum Gasteiger partial charge on any atom is -0.486 e. The standard InChI is InChI=1S/C21H31FN4O3.HI/c1-16(29-19-6-4-3-5-18(19)22)15-24-21(23-2)26-9-7-17(8-10-26)20(27)25-11-13-28-14-12-25;/h3-6,16-17H,7-15H2,1-2H3,(H,23,24);1H. The maximum Gasteiger partial charge on any atom is 0.225 e. The Morgan fingerprint density at radius 1 is 1.23 bits per heavy atom. The van der Waals surface area contributed by atoms with Crippen LogP contribution < -0.4 is 10.1 Å². The fourth-order valence-corrected chi connectivity index (χ4v) is 3.75. The normalized spacial score (nSPS) is 19.1. The molecule has 9 heteroatoms. The Hall–Kier alpha value is -1.62. The third-order valence-corrected chi connectivity index (χ3v) is 5.39. The lowest BCUT2D eigenvalue weighted by molar-refractivity contribution is -0.140. The SMILES string of the molecule is CN=C(NCC(C)Oc1ccccc1F)N1CCC(C(=O)N2CCOCC2)CC1.I. The molecule has 1 unspecified atom stereocenters. The highest BCUT2D eigenvalue weighted by Crippen LogP contribution is 2.21. The smallest absolute Gasteiger partial charge is 0.225 e. The van der Waals surface area contributed by atoms with Crippen LogP contribution in [0.25, 0.3) is 0 Å². The molecule has 7 nitrogen and oxygen atoms in total. The average molecular weight is 534 g/mol. The first-order valence-electron chi connectivity index (χ1n) is 10.3. The number of nitrogens with one attached hydrogen (secondary N) is 1. The topological polar surface area (TPSA) is 66.4 Å². The van der Waals surface area contributed by atoms with Gasteiger partial charge in [0.1, 0.15) is 6.10 Å². The number of aliphatic imine (C=N–C) groups is 1. The van der Waals surface area contributed by atoms with Crippen molar-refractivity contribution in [3.05, 3.63) is 30.1 Å². The highest BCUT2D eigenvalue weighted by atomic mass is 127. The summed E-state index contributed by atoms with van der Waals surface area (Å²) < 4.78 is 24.7. The Balaban J connectivity index is 0.00000320. The van der Waals surface area contributed by atoms with Gasteiger partial charge in [-0.2, -0.15) is 0 Å². The average Bonchev–Trinajstić information content (AvgIpc) is 2.76. The molecule has 3 rings (SSSR count). The predicted molar refractivity (Wildman–Crippen MR) is 125 cm³/mol. The molecule has 1 aromatic carbocycles. The third-order valence-electron chi connectivity index (χ3n) is 5.39. The van der Waals surface area contributed by atoms with Crippen molar-refractivity contribution in [2.24, 2.45) is 10.9 Å². The van der Waals surface area contributed by atoms with Gasteiger partial charge in [-0.15, -0.1) is 24.0 Å². The second-order valence-corrected chi connectivity index (χ2v) is 7.49. The number of ether oxygens (including phenoxy) is 2. The molecule has 168 valence electrons. The number of hydrogen-bond acceptors (Lipinski definition) is 4. The molecule has 30 heavy (non-hydrogen) atoms. The van der Waals surface area contributed by atoms with Crippen molar-refractivity contribution in [1.29, 1.82) is 0 Å². The number of benzene rings is 1. The van der Waals surface area contributed by atoms with Gasteiger partial charge in [0.15, 0.2) is 17.5 Å². The molecule has 1 aromatic rings. The van der Waals surface area contributed by atoms with Crippen LogP contribution in [-0.2, 0) is 9.53 Å². The summed E-state index contributed by atoms with van der Waals surface area (Å²) in [6.07, 6.45) is 1.42. The van der Waals surface area contributed by atoms with Gasteiger partial charge >= 0.3 is 0 Å². The molecular formula is C21H32FIN4O3. The summed E-state index contributed by atoms with van der Waals surface area (Å²) in [4.78, 5) is 21.1. The maximum atomic E-state index is 13.7. The Morgan fingerprint density at radius 2 is 1.90 bits per heavy atom. The van der Waals surface area contributed by atoms with E-state index in [1.807, 2.05) is 11.8 Å². The van der Waals surface area contributed by atoms with E-state index >= 15 is 0 Å². The summed E-state index contributed by atoms with van der Waals surface area (Å²) in [6.45, 7) is 6.62. The van der Waals surface area contributed by atoms with Crippen LogP contribution >= 0.6 is 24.0 Å². The van der Waals surface area contributed by atoms with Crippen LogP contribution in [-0.4, -0.2) is 80.8 Å². The molecule has 2 aliphatic rings. The van der Waals surface area contributed by atoms with Crippen molar-refractivity contribution < 1.29 is 18.7 Å². The van der Waals surface area contributed by atoms with E-state index in [1.54, 1.807) is 25.2 Å². The highest BCUT2D eigenvalue weighted by molar-refractivity contribution is 14.0. The zero-order valence-corrected chi connectivity index (χ0v) is 20.0. The summed E-state index contributed by atoms with van der Waals surface area (Å²) in [5, 5.41) is 3.30. The van der Waals surface area contributed by atoms with E-state index in [1.165, 1.54) is 6.07 Å². The van der Waals surface area contributed by atoms with Gasteiger partial charge in [0, 0.05) is 39.1 Å². The molecule has 2 fully saturated rings. The minimum absolute atomic E-state index is 0. The first-order valence-corrected chi connectivity index (χ1v) is 10.3. The number of nitrogens with zero attached hydrogens (tertiary/aromatic N) is 3. The Bertz CT molecular complexity index is 707. The summed E-state index contributed by atoms with van der Waals surface area (Å²) in [7, 11) is 1.75. The largest absolute Gasteiger partial charge is 0.486 e. The van der Waals surface area contributed by atoms with Gasteiger partial charge in [0.2, 0.25) is 5.91 Å². The Morgan fingerprint density at radius 3 is 2.53 bits per heavy atom. The van der Waals surface area contributed by atoms with E-state index in [2.05, 4.69) is 15.2 Å². The van der Waals surface area contributed by atoms with Crippen molar-refractivity contribution in [2.75, 3.05) is 53.0 Å². The molecule has 0 spiro atoms. The molecule has 1 N–H and O–H groups in total. The summed E-state index contributed by atoms with van der Waals surface area (Å²) in [5.74, 6) is 0.995. The second kappa shape index (κ2) is 12.3. The molecule has 0 bridgehead atoms. The zero-order chi connectivity index (χ0) is 20.6. The first kappa shape index (κ1) is 24.6. The number of hydrogen-bond donors (Lipinski definition) is 1. The van der Waals surface area contributed by atoms with E-state index in [4.69, 9.17) is 9.47 Å². The van der Waals surface area contributed by atoms with E-state index in [0.29, 0.717) is 32.8 Å². The first-order chi connectivity index (χ1) is 14.1. The predicted octanol–water partition coefficient (Wildman–Crippen LogP) is 2.36. The number of halogens is 2. The van der Waals surface area contributed by atoms with Crippen LogP contribution in [0, 0.1) is 11.7 Å². The van der Waals surface area contributed by atoms with Crippen molar-refractivity contribution in [3.63, 3.8) is 0 Å². The number of carbonyl (C=O) groups excluding carboxylic acids is 1. The van der Waals surface area contributed by atoms with Crippen LogP contribution in [0.5, 0.6) is 5.75 Å². The fraction of sp³-hybridized carbons (Fsp3) is 0.619. The van der Waals surface area contributed by atoms with Crippen molar-refractivity contribution in [2.45, 2.75) is 25.9 Å². The number of para-hydroxylation sites is 1. The number of guanidine groups is 1. The molecule has 2 aliphatic heterocycles. The van der Waals surface area contributed by atoms with Gasteiger partial charge < -0.3 is 24.6 Å². The molecule has 0 aromatic heterocycles. The third kappa shape index (κ3) is 6.69. The lowest BCUT2D eigenvalue weighted by Gasteiger charge is -2.37. The van der Waals surface area contributed by atoms with E-state index in [-0.39, 0.29) is 53.5 Å². The summed E-state index contributed by atoms with van der Waals surface area (Å²) in [5.41, 5.74) is 0. The molecule has 0 aliphatic carbocycles. The minimum atomic E-state index is -0.365. The quantitative estimate of drug-likeness (QED) is 0.357. The van der Waals surface area contributed by atoms with E-state index < -0.39 is 0 Å². The molecule has 0 radical (unpaired) electrons. The number of carbonyl (C=O) groups is 1.